The van der Waals surface area contributed by atoms with Crippen molar-refractivity contribution < 1.29 is 33.0 Å². The van der Waals surface area contributed by atoms with E-state index in [4.69, 9.17) is 5.11 Å². The van der Waals surface area contributed by atoms with E-state index in [1.807, 2.05) is 0 Å². The van der Waals surface area contributed by atoms with E-state index in [9.17, 15) is 27.9 Å². The Kier molecular flexibility index (Phi) is 9.01. The lowest BCUT2D eigenvalue weighted by atomic mass is 9.85. The number of benzene rings is 2. The first kappa shape index (κ1) is 26.3. The lowest BCUT2D eigenvalue weighted by molar-refractivity contribution is -0.137. The summed E-state index contributed by atoms with van der Waals surface area (Å²) < 4.78 is 38.5. The Morgan fingerprint density at radius 2 is 1.70 bits per heavy atom. The number of carboxylic acids is 1. The first-order chi connectivity index (χ1) is 15.4. The average molecular weight is 467 g/mol. The highest BCUT2D eigenvalue weighted by Gasteiger charge is 2.31. The van der Waals surface area contributed by atoms with Crippen LogP contribution in [0.4, 0.5) is 13.2 Å². The van der Waals surface area contributed by atoms with Crippen LogP contribution in [0.5, 0.6) is 0 Å². The SMILES string of the molecule is CC(C)(CCC(O)Cc1cccc(C(F)(F)F)c1)C(=O)NNCCc1ccc(C(=O)O)cc1. The number of rotatable bonds is 11. The number of aliphatic hydroxyl groups excluding tert-OH is 1. The second kappa shape index (κ2) is 11.3. The van der Waals surface area contributed by atoms with Crippen LogP contribution in [0, 0.1) is 5.41 Å². The van der Waals surface area contributed by atoms with Gasteiger partial charge in [-0.25, -0.2) is 10.2 Å². The molecule has 0 aromatic heterocycles. The van der Waals surface area contributed by atoms with Gasteiger partial charge in [0.25, 0.3) is 0 Å². The molecule has 2 rings (SSSR count). The molecule has 0 spiro atoms. The molecule has 2 aromatic carbocycles. The van der Waals surface area contributed by atoms with Gasteiger partial charge in [-0.1, -0.05) is 44.2 Å². The van der Waals surface area contributed by atoms with Gasteiger partial charge in [0.1, 0.15) is 0 Å². The van der Waals surface area contributed by atoms with Crippen LogP contribution in [0.2, 0.25) is 0 Å². The van der Waals surface area contributed by atoms with Crippen molar-refractivity contribution in [1.29, 1.82) is 0 Å². The second-order valence-corrected chi connectivity index (χ2v) is 8.61. The molecule has 0 radical (unpaired) electrons. The van der Waals surface area contributed by atoms with Gasteiger partial charge in [-0.15, -0.1) is 0 Å². The Hall–Kier alpha value is -2.91. The summed E-state index contributed by atoms with van der Waals surface area (Å²) in [5, 5.41) is 19.2. The van der Waals surface area contributed by atoms with Crippen LogP contribution >= 0.6 is 0 Å². The third-order valence-electron chi connectivity index (χ3n) is 5.38. The van der Waals surface area contributed by atoms with Crippen LogP contribution in [0.25, 0.3) is 0 Å². The fourth-order valence-electron chi connectivity index (χ4n) is 3.22. The molecular formula is C24H29F3N2O4. The molecule has 0 aliphatic heterocycles. The van der Waals surface area contributed by atoms with Crippen LogP contribution in [-0.4, -0.2) is 34.7 Å². The number of aromatic carboxylic acids is 1. The molecule has 1 amide bonds. The Morgan fingerprint density at radius 3 is 2.30 bits per heavy atom. The first-order valence-electron chi connectivity index (χ1n) is 10.6. The van der Waals surface area contributed by atoms with Crippen LogP contribution < -0.4 is 10.9 Å². The Bertz CT molecular complexity index is 943. The highest BCUT2D eigenvalue weighted by Crippen LogP contribution is 2.30. The summed E-state index contributed by atoms with van der Waals surface area (Å²) in [4.78, 5) is 23.3. The zero-order valence-electron chi connectivity index (χ0n) is 18.6. The van der Waals surface area contributed by atoms with Crippen LogP contribution in [0.1, 0.15) is 53.7 Å². The molecule has 4 N–H and O–H groups in total. The number of carboxylic acid groups (broad SMARTS) is 1. The summed E-state index contributed by atoms with van der Waals surface area (Å²) in [6, 6.07) is 11.3. The second-order valence-electron chi connectivity index (χ2n) is 8.61. The Balaban J connectivity index is 1.75. The fraction of sp³-hybridized carbons (Fsp3) is 0.417. The Labute approximate surface area is 190 Å². The molecule has 0 saturated heterocycles. The lowest BCUT2D eigenvalue weighted by Gasteiger charge is -2.25. The molecule has 0 saturated carbocycles. The van der Waals surface area contributed by atoms with E-state index >= 15 is 0 Å². The monoisotopic (exact) mass is 466 g/mol. The zero-order chi connectivity index (χ0) is 24.6. The number of hydrogen-bond donors (Lipinski definition) is 4. The van der Waals surface area contributed by atoms with Crippen molar-refractivity contribution in [3.05, 3.63) is 70.8 Å². The number of halogens is 3. The van der Waals surface area contributed by atoms with Crippen molar-refractivity contribution in [3.8, 4) is 0 Å². The quantitative estimate of drug-likeness (QED) is 0.297. The molecule has 1 unspecified atom stereocenters. The largest absolute Gasteiger partial charge is 0.478 e. The molecule has 1 atom stereocenters. The Morgan fingerprint density at radius 1 is 1.03 bits per heavy atom. The van der Waals surface area contributed by atoms with Crippen molar-refractivity contribution in [3.63, 3.8) is 0 Å². The van der Waals surface area contributed by atoms with Crippen molar-refractivity contribution in [2.45, 2.75) is 51.8 Å². The molecule has 2 aromatic rings. The number of nitrogens with one attached hydrogen (secondary N) is 2. The summed E-state index contributed by atoms with van der Waals surface area (Å²) in [5.74, 6) is -1.26. The third-order valence-corrected chi connectivity index (χ3v) is 5.38. The van der Waals surface area contributed by atoms with Gasteiger partial charge in [0, 0.05) is 12.0 Å². The lowest BCUT2D eigenvalue weighted by Crippen LogP contribution is -2.45. The van der Waals surface area contributed by atoms with Crippen molar-refractivity contribution in [1.82, 2.24) is 10.9 Å². The van der Waals surface area contributed by atoms with E-state index in [1.165, 1.54) is 24.3 Å². The summed E-state index contributed by atoms with van der Waals surface area (Å²) in [6.07, 6.45) is -4.06. The fourth-order valence-corrected chi connectivity index (χ4v) is 3.22. The number of carbonyl (C=O) groups excluding carboxylic acids is 1. The molecule has 33 heavy (non-hydrogen) atoms. The minimum absolute atomic E-state index is 0.0700. The predicted octanol–water partition coefficient (Wildman–Crippen LogP) is 3.98. The number of alkyl halides is 3. The number of hydrogen-bond acceptors (Lipinski definition) is 4. The molecular weight excluding hydrogens is 437 g/mol. The molecule has 0 aliphatic rings. The van der Waals surface area contributed by atoms with Crippen LogP contribution in [0.15, 0.2) is 48.5 Å². The maximum atomic E-state index is 12.8. The maximum absolute atomic E-state index is 12.8. The van der Waals surface area contributed by atoms with Gasteiger partial charge in [0.05, 0.1) is 17.2 Å². The van der Waals surface area contributed by atoms with Crippen molar-refractivity contribution in [2.24, 2.45) is 5.41 Å². The number of amides is 1. The van der Waals surface area contributed by atoms with Gasteiger partial charge in [0.2, 0.25) is 5.91 Å². The van der Waals surface area contributed by atoms with Crippen LogP contribution in [-0.2, 0) is 23.8 Å². The third kappa shape index (κ3) is 8.51. The van der Waals surface area contributed by atoms with E-state index < -0.39 is 29.2 Å². The average Bonchev–Trinajstić information content (AvgIpc) is 2.75. The van der Waals surface area contributed by atoms with Crippen molar-refractivity contribution >= 4 is 11.9 Å². The van der Waals surface area contributed by atoms with Gasteiger partial charge in [-0.05, 0) is 55.0 Å². The molecule has 6 nitrogen and oxygen atoms in total. The van der Waals surface area contributed by atoms with Gasteiger partial charge < -0.3 is 10.2 Å². The van der Waals surface area contributed by atoms with Crippen LogP contribution in [0.3, 0.4) is 0 Å². The molecule has 0 bridgehead atoms. The predicted molar refractivity (Wildman–Crippen MR) is 117 cm³/mol. The summed E-state index contributed by atoms with van der Waals surface area (Å²) in [5.41, 5.74) is 5.42. The van der Waals surface area contributed by atoms with Gasteiger partial charge in [-0.2, -0.15) is 13.2 Å². The minimum Gasteiger partial charge on any atom is -0.478 e. The molecule has 0 fully saturated rings. The number of carbonyl (C=O) groups is 2. The molecule has 0 aliphatic carbocycles. The number of aliphatic hydroxyl groups is 1. The van der Waals surface area contributed by atoms with Gasteiger partial charge >= 0.3 is 12.1 Å². The molecule has 9 heteroatoms. The van der Waals surface area contributed by atoms with E-state index in [0.29, 0.717) is 24.9 Å². The zero-order valence-corrected chi connectivity index (χ0v) is 18.6. The highest BCUT2D eigenvalue weighted by atomic mass is 19.4. The standard InChI is InChI=1S/C24H29F3N2O4/c1-23(2,12-10-20(30)15-17-4-3-5-19(14-17)24(25,26)27)22(33)29-28-13-11-16-6-8-18(9-7-16)21(31)32/h3-9,14,20,28,30H,10-13,15H2,1-2H3,(H,29,33)(H,31,32). The first-order valence-corrected chi connectivity index (χ1v) is 10.6. The summed E-state index contributed by atoms with van der Waals surface area (Å²) in [7, 11) is 0. The molecule has 0 heterocycles. The molecule has 180 valence electrons. The summed E-state index contributed by atoms with van der Waals surface area (Å²) in [6.45, 7) is 3.89. The minimum atomic E-state index is -4.43. The van der Waals surface area contributed by atoms with E-state index in [-0.39, 0.29) is 24.3 Å². The number of hydrazine groups is 1. The normalized spacial score (nSPS) is 12.9. The topological polar surface area (TPSA) is 98.7 Å². The van der Waals surface area contributed by atoms with E-state index in [2.05, 4.69) is 10.9 Å². The van der Waals surface area contributed by atoms with Gasteiger partial charge in [0.15, 0.2) is 0 Å². The smallest absolute Gasteiger partial charge is 0.416 e. The van der Waals surface area contributed by atoms with Gasteiger partial charge in [-0.3, -0.25) is 10.2 Å². The highest BCUT2D eigenvalue weighted by molar-refractivity contribution is 5.87. The van der Waals surface area contributed by atoms with E-state index in [1.54, 1.807) is 26.0 Å². The summed E-state index contributed by atoms with van der Waals surface area (Å²) >= 11 is 0. The van der Waals surface area contributed by atoms with Crippen molar-refractivity contribution in [2.75, 3.05) is 6.54 Å². The maximum Gasteiger partial charge on any atom is 0.416 e. The van der Waals surface area contributed by atoms with E-state index in [0.717, 1.165) is 17.7 Å².